The normalized spacial score (nSPS) is 23.0. The van der Waals surface area contributed by atoms with Crippen molar-refractivity contribution in [1.29, 1.82) is 0 Å². The molecule has 2 amide bonds. The molecule has 0 spiro atoms. The first-order valence-corrected chi connectivity index (χ1v) is 9.61. The van der Waals surface area contributed by atoms with E-state index in [1.54, 1.807) is 0 Å². The minimum Gasteiger partial charge on any atom is -0.371 e. The molecule has 4 nitrogen and oxygen atoms in total. The fraction of sp³-hybridized carbons (Fsp3) is 0.650. The van der Waals surface area contributed by atoms with E-state index in [4.69, 9.17) is 0 Å². The standard InChI is InChI=1S/C20H29N3O/c1-15(16-7-8-16)23(19-9-10-19)20(24)21-17-11-13-22(14-12-17)18-5-3-2-4-6-18/h2-6,15-17,19H,7-14H2,1H3,(H,21,24)/t15-/m0/s1. The first kappa shape index (κ1) is 15.8. The lowest BCUT2D eigenvalue weighted by Crippen LogP contribution is -2.52. The van der Waals surface area contributed by atoms with Gasteiger partial charge in [0.15, 0.2) is 0 Å². The van der Waals surface area contributed by atoms with E-state index >= 15 is 0 Å². The van der Waals surface area contributed by atoms with Crippen molar-refractivity contribution in [2.75, 3.05) is 18.0 Å². The van der Waals surface area contributed by atoms with E-state index in [2.05, 4.69) is 52.4 Å². The Morgan fingerprint density at radius 3 is 2.33 bits per heavy atom. The number of carbonyl (C=O) groups is 1. The smallest absolute Gasteiger partial charge is 0.318 e. The van der Waals surface area contributed by atoms with Crippen molar-refractivity contribution in [3.63, 3.8) is 0 Å². The average Bonchev–Trinajstić information content (AvgIpc) is 3.48. The summed E-state index contributed by atoms with van der Waals surface area (Å²) in [6.45, 7) is 4.29. The third-order valence-electron chi connectivity index (χ3n) is 5.86. The predicted molar refractivity (Wildman–Crippen MR) is 97.3 cm³/mol. The number of carbonyl (C=O) groups excluding carboxylic acids is 1. The Kier molecular flexibility index (Phi) is 4.38. The number of rotatable bonds is 5. The third kappa shape index (κ3) is 3.52. The number of anilines is 1. The van der Waals surface area contributed by atoms with Crippen molar-refractivity contribution in [3.8, 4) is 0 Å². The molecule has 1 atom stereocenters. The third-order valence-corrected chi connectivity index (χ3v) is 5.86. The van der Waals surface area contributed by atoms with Crippen LogP contribution < -0.4 is 10.2 Å². The zero-order valence-electron chi connectivity index (χ0n) is 14.7. The highest BCUT2D eigenvalue weighted by molar-refractivity contribution is 5.75. The molecule has 130 valence electrons. The Labute approximate surface area is 145 Å². The largest absolute Gasteiger partial charge is 0.371 e. The summed E-state index contributed by atoms with van der Waals surface area (Å²) in [5.74, 6) is 0.747. The molecule has 0 aromatic heterocycles. The van der Waals surface area contributed by atoms with E-state index in [0.717, 1.165) is 31.8 Å². The van der Waals surface area contributed by atoms with Crippen LogP contribution in [-0.2, 0) is 0 Å². The van der Waals surface area contributed by atoms with Crippen molar-refractivity contribution < 1.29 is 4.79 Å². The second-order valence-electron chi connectivity index (χ2n) is 7.76. The topological polar surface area (TPSA) is 35.6 Å². The van der Waals surface area contributed by atoms with Crippen LogP contribution in [0.4, 0.5) is 10.5 Å². The maximum Gasteiger partial charge on any atom is 0.318 e. The van der Waals surface area contributed by atoms with Crippen molar-refractivity contribution in [2.45, 2.75) is 63.6 Å². The summed E-state index contributed by atoms with van der Waals surface area (Å²) in [4.78, 5) is 17.4. The molecule has 2 aliphatic carbocycles. The monoisotopic (exact) mass is 327 g/mol. The Morgan fingerprint density at radius 1 is 1.08 bits per heavy atom. The molecule has 2 saturated carbocycles. The van der Waals surface area contributed by atoms with Gasteiger partial charge in [-0.2, -0.15) is 0 Å². The second-order valence-corrected chi connectivity index (χ2v) is 7.76. The maximum atomic E-state index is 12.8. The summed E-state index contributed by atoms with van der Waals surface area (Å²) in [7, 11) is 0. The molecule has 1 aliphatic heterocycles. The maximum absolute atomic E-state index is 12.8. The van der Waals surface area contributed by atoms with Gasteiger partial charge in [0, 0.05) is 36.9 Å². The Bertz CT molecular complexity index is 560. The molecule has 3 aliphatic rings. The van der Waals surface area contributed by atoms with Gasteiger partial charge in [0.05, 0.1) is 0 Å². The predicted octanol–water partition coefficient (Wildman–Crippen LogP) is 3.63. The molecule has 0 unspecified atom stereocenters. The minimum atomic E-state index is 0.190. The molecule has 1 aromatic rings. The zero-order chi connectivity index (χ0) is 16.5. The molecule has 4 heteroatoms. The molecule has 0 bridgehead atoms. The van der Waals surface area contributed by atoms with Crippen molar-refractivity contribution in [3.05, 3.63) is 30.3 Å². The van der Waals surface area contributed by atoms with Gasteiger partial charge in [0.25, 0.3) is 0 Å². The van der Waals surface area contributed by atoms with Crippen LogP contribution in [0.2, 0.25) is 0 Å². The highest BCUT2D eigenvalue weighted by atomic mass is 16.2. The highest BCUT2D eigenvalue weighted by Gasteiger charge is 2.42. The average molecular weight is 327 g/mol. The molecule has 1 N–H and O–H groups in total. The number of amides is 2. The van der Waals surface area contributed by atoms with E-state index < -0.39 is 0 Å². The minimum absolute atomic E-state index is 0.190. The molecule has 24 heavy (non-hydrogen) atoms. The number of nitrogens with zero attached hydrogens (tertiary/aromatic N) is 2. The van der Waals surface area contributed by atoms with Gasteiger partial charge in [0.2, 0.25) is 0 Å². The number of para-hydroxylation sites is 1. The Morgan fingerprint density at radius 2 is 1.75 bits per heavy atom. The Hall–Kier alpha value is -1.71. The molecule has 3 fully saturated rings. The zero-order valence-corrected chi connectivity index (χ0v) is 14.7. The van der Waals surface area contributed by atoms with E-state index in [1.807, 2.05) is 0 Å². The fourth-order valence-corrected chi connectivity index (χ4v) is 4.01. The summed E-state index contributed by atoms with van der Waals surface area (Å²) >= 11 is 0. The molecular weight excluding hydrogens is 298 g/mol. The van der Waals surface area contributed by atoms with Gasteiger partial charge in [-0.1, -0.05) is 18.2 Å². The van der Waals surface area contributed by atoms with E-state index in [0.29, 0.717) is 18.1 Å². The summed E-state index contributed by atoms with van der Waals surface area (Å²) in [6.07, 6.45) is 7.06. The molecule has 0 radical (unpaired) electrons. The number of urea groups is 1. The summed E-state index contributed by atoms with van der Waals surface area (Å²) < 4.78 is 0. The van der Waals surface area contributed by atoms with Crippen molar-refractivity contribution >= 4 is 11.7 Å². The number of piperidine rings is 1. The quantitative estimate of drug-likeness (QED) is 0.896. The van der Waals surface area contributed by atoms with Crippen molar-refractivity contribution in [2.24, 2.45) is 5.92 Å². The molecule has 1 saturated heterocycles. The van der Waals surface area contributed by atoms with Crippen LogP contribution in [0.5, 0.6) is 0 Å². The van der Waals surface area contributed by atoms with Crippen LogP contribution in [0.3, 0.4) is 0 Å². The molecule has 1 heterocycles. The number of hydrogen-bond donors (Lipinski definition) is 1. The molecule has 1 aromatic carbocycles. The van der Waals surface area contributed by atoms with Gasteiger partial charge < -0.3 is 15.1 Å². The lowest BCUT2D eigenvalue weighted by molar-refractivity contribution is 0.161. The van der Waals surface area contributed by atoms with Gasteiger partial charge in [-0.05, 0) is 63.5 Å². The Balaban J connectivity index is 1.30. The van der Waals surface area contributed by atoms with Crippen LogP contribution >= 0.6 is 0 Å². The van der Waals surface area contributed by atoms with Gasteiger partial charge in [-0.15, -0.1) is 0 Å². The van der Waals surface area contributed by atoms with E-state index in [9.17, 15) is 4.79 Å². The number of nitrogens with one attached hydrogen (secondary N) is 1. The van der Waals surface area contributed by atoms with Crippen LogP contribution in [0.25, 0.3) is 0 Å². The number of benzene rings is 1. The van der Waals surface area contributed by atoms with Gasteiger partial charge in [0.1, 0.15) is 0 Å². The van der Waals surface area contributed by atoms with E-state index in [1.165, 1.54) is 31.4 Å². The lowest BCUT2D eigenvalue weighted by Gasteiger charge is -2.36. The van der Waals surface area contributed by atoms with Crippen LogP contribution in [0, 0.1) is 5.92 Å². The van der Waals surface area contributed by atoms with Gasteiger partial charge >= 0.3 is 6.03 Å². The second kappa shape index (κ2) is 6.66. The lowest BCUT2D eigenvalue weighted by atomic mass is 10.0. The molecule has 4 rings (SSSR count). The highest BCUT2D eigenvalue weighted by Crippen LogP contribution is 2.39. The fourth-order valence-electron chi connectivity index (χ4n) is 4.01. The summed E-state index contributed by atoms with van der Waals surface area (Å²) in [6, 6.07) is 12.0. The van der Waals surface area contributed by atoms with Crippen molar-refractivity contribution in [1.82, 2.24) is 10.2 Å². The van der Waals surface area contributed by atoms with E-state index in [-0.39, 0.29) is 6.03 Å². The first-order valence-electron chi connectivity index (χ1n) is 9.61. The van der Waals surface area contributed by atoms with Gasteiger partial charge in [-0.3, -0.25) is 0 Å². The first-order chi connectivity index (χ1) is 11.7. The van der Waals surface area contributed by atoms with Crippen LogP contribution in [0.1, 0.15) is 45.4 Å². The SMILES string of the molecule is C[C@@H](C1CC1)N(C(=O)NC1CCN(c2ccccc2)CC1)C1CC1. The summed E-state index contributed by atoms with van der Waals surface area (Å²) in [5.41, 5.74) is 1.30. The van der Waals surface area contributed by atoms with Crippen LogP contribution in [-0.4, -0.2) is 42.1 Å². The van der Waals surface area contributed by atoms with Gasteiger partial charge in [-0.25, -0.2) is 4.79 Å². The van der Waals surface area contributed by atoms with Crippen LogP contribution in [0.15, 0.2) is 30.3 Å². The summed E-state index contributed by atoms with van der Waals surface area (Å²) in [5, 5.41) is 3.34. The molecular formula is C20H29N3O. The number of hydrogen-bond acceptors (Lipinski definition) is 2.